The first-order chi connectivity index (χ1) is 25.5. The molecule has 1 aliphatic carbocycles. The molecule has 7 nitrogen and oxygen atoms in total. The third-order valence-corrected chi connectivity index (χ3v) is 11.0. The molecule has 2 aromatic heterocycles. The first kappa shape index (κ1) is 34.4. The Kier molecular flexibility index (Phi) is 8.48. The standard InChI is InChI=1S/C46H46N4O3/c1-8-47-44(51)43(45(52)50(29(6)7)46(47)53)40-32(23-25-36-34-17-9-13-30-15-11-19-38(41(30)34)48(36)27(2)3)21-22-33(40)24-26-37-35-18-10-14-31-16-12-20-39(42(31)35)49(37)28(4)5/h9-20,23-29H,8,21-22H2,1-7H3/b32-23+,33-24+,36-25+,37-26+. The first-order valence-corrected chi connectivity index (χ1v) is 18.9. The molecule has 6 aromatic rings. The number of urea groups is 1. The van der Waals surface area contributed by atoms with Crippen LogP contribution in [0.5, 0.6) is 0 Å². The van der Waals surface area contributed by atoms with E-state index < -0.39 is 23.9 Å². The minimum atomic E-state index is -0.561. The van der Waals surface area contributed by atoms with E-state index in [0.717, 1.165) is 21.8 Å². The van der Waals surface area contributed by atoms with Gasteiger partial charge in [-0.2, -0.15) is 0 Å². The summed E-state index contributed by atoms with van der Waals surface area (Å²) in [6.07, 6.45) is 9.82. The number of aromatic nitrogens is 2. The molecule has 0 spiro atoms. The van der Waals surface area contributed by atoms with E-state index in [2.05, 4.69) is 134 Å². The summed E-state index contributed by atoms with van der Waals surface area (Å²) < 4.78 is 4.73. The third-order valence-electron chi connectivity index (χ3n) is 11.0. The number of carbonyl (C=O) groups excluding carboxylic acids is 3. The predicted molar refractivity (Wildman–Crippen MR) is 216 cm³/mol. The Labute approximate surface area is 309 Å². The molecule has 0 N–H and O–H groups in total. The Morgan fingerprint density at radius 2 is 1.02 bits per heavy atom. The molecule has 0 radical (unpaired) electrons. The number of hydrogen-bond donors (Lipinski definition) is 0. The lowest BCUT2D eigenvalue weighted by molar-refractivity contribution is -0.136. The molecule has 4 amide bonds. The van der Waals surface area contributed by atoms with Crippen LogP contribution in [-0.4, -0.2) is 49.4 Å². The number of allylic oxidation sites excluding steroid dienone is 5. The monoisotopic (exact) mass is 702 g/mol. The van der Waals surface area contributed by atoms with Crippen molar-refractivity contribution >= 4 is 73.3 Å². The number of amides is 4. The Morgan fingerprint density at radius 1 is 0.566 bits per heavy atom. The van der Waals surface area contributed by atoms with Gasteiger partial charge in [-0.25, -0.2) is 4.79 Å². The summed E-state index contributed by atoms with van der Waals surface area (Å²) in [6.45, 7) is 14.4. The molecular formula is C46H46N4O3. The van der Waals surface area contributed by atoms with Crippen LogP contribution in [0, 0.1) is 0 Å². The summed E-state index contributed by atoms with van der Waals surface area (Å²) in [6, 6.07) is 25.1. The van der Waals surface area contributed by atoms with Gasteiger partial charge >= 0.3 is 6.03 Å². The van der Waals surface area contributed by atoms with Gasteiger partial charge in [-0.15, -0.1) is 0 Å². The SMILES string of the molecule is CCN1C(=O)C(=C2/C(=C/C=c3\c4cccc5cccc(c54)n3C(C)C)CC/C2=C\C=c2/c3cccc4cccc(c43)n2C(C)C)C(=O)N(C(C)C)C1=O. The quantitative estimate of drug-likeness (QED) is 0.129. The maximum Gasteiger partial charge on any atom is 0.334 e. The second kappa shape index (κ2) is 13.1. The fourth-order valence-corrected chi connectivity index (χ4v) is 8.78. The molecule has 0 bridgehead atoms. The lowest BCUT2D eigenvalue weighted by Gasteiger charge is -2.36. The minimum Gasteiger partial charge on any atom is -0.338 e. The van der Waals surface area contributed by atoms with Gasteiger partial charge in [0.05, 0.1) is 0 Å². The number of imide groups is 2. The van der Waals surface area contributed by atoms with Gasteiger partial charge in [0.2, 0.25) is 0 Å². The van der Waals surface area contributed by atoms with Gasteiger partial charge in [-0.3, -0.25) is 19.4 Å². The van der Waals surface area contributed by atoms with Crippen molar-refractivity contribution in [1.82, 2.24) is 18.9 Å². The van der Waals surface area contributed by atoms with Crippen LogP contribution in [0.2, 0.25) is 0 Å². The lowest BCUT2D eigenvalue weighted by atomic mass is 9.94. The molecule has 2 aliphatic rings. The topological polar surface area (TPSA) is 67.6 Å². The molecule has 0 unspecified atom stereocenters. The number of hydrogen-bond acceptors (Lipinski definition) is 3. The van der Waals surface area contributed by atoms with E-state index in [1.165, 1.54) is 53.2 Å². The van der Waals surface area contributed by atoms with Crippen molar-refractivity contribution in [2.75, 3.05) is 6.54 Å². The van der Waals surface area contributed by atoms with E-state index in [4.69, 9.17) is 0 Å². The van der Waals surface area contributed by atoms with Gasteiger partial charge in [-0.05, 0) is 113 Å². The number of benzene rings is 4. The fourth-order valence-electron chi connectivity index (χ4n) is 8.78. The van der Waals surface area contributed by atoms with Crippen LogP contribution in [0.1, 0.15) is 73.4 Å². The van der Waals surface area contributed by atoms with Gasteiger partial charge in [-0.1, -0.05) is 72.8 Å². The van der Waals surface area contributed by atoms with Crippen LogP contribution >= 0.6 is 0 Å². The summed E-state index contributed by atoms with van der Waals surface area (Å²) >= 11 is 0. The van der Waals surface area contributed by atoms with Crippen molar-refractivity contribution in [3.05, 3.63) is 118 Å². The van der Waals surface area contributed by atoms with Crippen LogP contribution in [0.3, 0.4) is 0 Å². The highest BCUT2D eigenvalue weighted by Gasteiger charge is 2.45. The van der Waals surface area contributed by atoms with Crippen molar-refractivity contribution in [2.24, 2.45) is 0 Å². The summed E-state index contributed by atoms with van der Waals surface area (Å²) in [5, 5.41) is 9.36. The van der Waals surface area contributed by atoms with Crippen LogP contribution < -0.4 is 10.7 Å². The number of likely N-dealkylation sites (N-methyl/N-ethyl adjacent to an activating group) is 1. The summed E-state index contributed by atoms with van der Waals surface area (Å²) in [5.41, 5.74) is 4.90. The molecule has 1 aliphatic heterocycles. The Bertz CT molecular complexity index is 2550. The second-order valence-electron chi connectivity index (χ2n) is 15.1. The molecule has 1 saturated carbocycles. The van der Waals surface area contributed by atoms with Gasteiger partial charge in [0.25, 0.3) is 11.8 Å². The fraction of sp³-hybridized carbons (Fsp3) is 0.283. The minimum absolute atomic E-state index is 0.0713. The predicted octanol–water partition coefficient (Wildman–Crippen LogP) is 8.93. The van der Waals surface area contributed by atoms with Crippen LogP contribution in [-0.2, 0) is 9.59 Å². The smallest absolute Gasteiger partial charge is 0.334 e. The zero-order chi connectivity index (χ0) is 37.3. The highest BCUT2D eigenvalue weighted by molar-refractivity contribution is 6.30. The van der Waals surface area contributed by atoms with Crippen LogP contribution in [0.15, 0.2) is 107 Å². The Hall–Kier alpha value is -5.69. The highest BCUT2D eigenvalue weighted by Crippen LogP contribution is 2.41. The Morgan fingerprint density at radius 3 is 1.43 bits per heavy atom. The molecule has 8 rings (SSSR count). The van der Waals surface area contributed by atoms with E-state index in [0.29, 0.717) is 18.4 Å². The van der Waals surface area contributed by atoms with Crippen molar-refractivity contribution < 1.29 is 14.4 Å². The molecule has 1 saturated heterocycles. The van der Waals surface area contributed by atoms with Crippen molar-refractivity contribution in [2.45, 2.75) is 79.4 Å². The zero-order valence-corrected chi connectivity index (χ0v) is 31.6. The number of carbonyl (C=O) groups is 3. The van der Waals surface area contributed by atoms with Crippen molar-refractivity contribution in [3.8, 4) is 0 Å². The summed E-state index contributed by atoms with van der Waals surface area (Å²) in [7, 11) is 0. The molecule has 4 aromatic carbocycles. The number of barbiturate groups is 1. The summed E-state index contributed by atoms with van der Waals surface area (Å²) in [5.74, 6) is -1.06. The normalized spacial score (nSPS) is 18.4. The van der Waals surface area contributed by atoms with Crippen molar-refractivity contribution in [1.29, 1.82) is 0 Å². The maximum atomic E-state index is 14.4. The maximum absolute atomic E-state index is 14.4. The zero-order valence-electron chi connectivity index (χ0n) is 31.6. The first-order valence-electron chi connectivity index (χ1n) is 18.9. The Balaban J connectivity index is 1.40. The van der Waals surface area contributed by atoms with Gasteiger partial charge < -0.3 is 9.13 Å². The van der Waals surface area contributed by atoms with E-state index in [1.807, 2.05) is 13.8 Å². The second-order valence-corrected chi connectivity index (χ2v) is 15.1. The molecule has 0 atom stereocenters. The summed E-state index contributed by atoms with van der Waals surface area (Å²) in [4.78, 5) is 44.6. The molecule has 2 fully saturated rings. The van der Waals surface area contributed by atoms with Gasteiger partial charge in [0.1, 0.15) is 5.57 Å². The highest BCUT2D eigenvalue weighted by atomic mass is 16.2. The van der Waals surface area contributed by atoms with Crippen LogP contribution in [0.25, 0.3) is 55.5 Å². The van der Waals surface area contributed by atoms with Gasteiger partial charge in [0, 0.05) is 67.9 Å². The number of nitrogens with zero attached hydrogens (tertiary/aromatic N) is 4. The van der Waals surface area contributed by atoms with E-state index in [9.17, 15) is 14.4 Å². The van der Waals surface area contributed by atoms with E-state index >= 15 is 0 Å². The lowest BCUT2D eigenvalue weighted by Crippen LogP contribution is -2.58. The number of rotatable bonds is 6. The van der Waals surface area contributed by atoms with Gasteiger partial charge in [0.15, 0.2) is 0 Å². The molecule has 3 heterocycles. The van der Waals surface area contributed by atoms with Crippen molar-refractivity contribution in [3.63, 3.8) is 0 Å². The van der Waals surface area contributed by atoms with E-state index in [1.54, 1.807) is 6.92 Å². The van der Waals surface area contributed by atoms with E-state index in [-0.39, 0.29) is 24.2 Å². The average molecular weight is 703 g/mol. The van der Waals surface area contributed by atoms with Crippen LogP contribution in [0.4, 0.5) is 4.79 Å². The third kappa shape index (κ3) is 5.27. The molecule has 53 heavy (non-hydrogen) atoms. The molecule has 7 heteroatoms. The molecular weight excluding hydrogens is 657 g/mol. The molecule has 268 valence electrons. The largest absolute Gasteiger partial charge is 0.338 e. The average Bonchev–Trinajstić information content (AvgIpc) is 3.78.